The van der Waals surface area contributed by atoms with Gasteiger partial charge in [-0.05, 0) is 11.5 Å². The fourth-order valence-electron chi connectivity index (χ4n) is 2.35. The summed E-state index contributed by atoms with van der Waals surface area (Å²) in [5, 5.41) is 9.36. The van der Waals surface area contributed by atoms with Crippen LogP contribution in [0.15, 0.2) is 24.3 Å². The fraction of sp³-hybridized carbons (Fsp3) is 0.615. The minimum absolute atomic E-state index is 0.132. The van der Waals surface area contributed by atoms with Crippen LogP contribution in [0.3, 0.4) is 0 Å². The standard InChI is InChI=1S/C13H22O3Si/c1-16-13(15)8-6-11-10(9-14)5-7-12(11)17(2,3)4/h5-8,10-12,14H,9H2,1-4H3/b8-6+/t10-,11+,12+/m0/s1. The highest BCUT2D eigenvalue weighted by molar-refractivity contribution is 6.78. The van der Waals surface area contributed by atoms with Gasteiger partial charge in [-0.25, -0.2) is 4.79 Å². The van der Waals surface area contributed by atoms with Crippen molar-refractivity contribution >= 4 is 14.0 Å². The monoisotopic (exact) mass is 254 g/mol. The summed E-state index contributed by atoms with van der Waals surface area (Å²) in [7, 11) is 0.0453. The third-order valence-corrected chi connectivity index (χ3v) is 5.92. The van der Waals surface area contributed by atoms with Crippen LogP contribution >= 0.6 is 0 Å². The van der Waals surface area contributed by atoms with E-state index in [-0.39, 0.29) is 24.4 Å². The first kappa shape index (κ1) is 14.2. The topological polar surface area (TPSA) is 46.5 Å². The van der Waals surface area contributed by atoms with E-state index in [0.29, 0.717) is 5.54 Å². The summed E-state index contributed by atoms with van der Waals surface area (Å²) in [4.78, 5) is 11.1. The van der Waals surface area contributed by atoms with Gasteiger partial charge in [0.15, 0.2) is 0 Å². The molecule has 96 valence electrons. The number of aliphatic hydroxyl groups excluding tert-OH is 1. The molecule has 0 saturated heterocycles. The average Bonchev–Trinajstić information content (AvgIpc) is 2.68. The summed E-state index contributed by atoms with van der Waals surface area (Å²) in [5.74, 6) is 0.0290. The second-order valence-corrected chi connectivity index (χ2v) is 11.0. The number of esters is 1. The summed E-state index contributed by atoms with van der Waals surface area (Å²) >= 11 is 0. The normalized spacial score (nSPS) is 28.9. The highest BCUT2D eigenvalue weighted by atomic mass is 28.3. The number of allylic oxidation sites excluding steroid dienone is 2. The molecule has 0 bridgehead atoms. The van der Waals surface area contributed by atoms with Gasteiger partial charge in [0.1, 0.15) is 0 Å². The maximum absolute atomic E-state index is 11.1. The first-order valence-electron chi connectivity index (χ1n) is 5.95. The summed E-state index contributed by atoms with van der Waals surface area (Å²) in [6.45, 7) is 7.05. The van der Waals surface area contributed by atoms with Gasteiger partial charge in [-0.1, -0.05) is 37.9 Å². The number of methoxy groups -OCH3 is 1. The Kier molecular flexibility index (Phi) is 4.71. The lowest BCUT2D eigenvalue weighted by Crippen LogP contribution is -2.32. The molecule has 3 atom stereocenters. The van der Waals surface area contributed by atoms with Crippen molar-refractivity contribution in [2.24, 2.45) is 11.8 Å². The number of aliphatic hydroxyl groups is 1. The Bertz CT molecular complexity index is 328. The minimum Gasteiger partial charge on any atom is -0.466 e. The number of rotatable bonds is 4. The van der Waals surface area contributed by atoms with Crippen molar-refractivity contribution < 1.29 is 14.6 Å². The van der Waals surface area contributed by atoms with Crippen molar-refractivity contribution in [1.82, 2.24) is 0 Å². The maximum Gasteiger partial charge on any atom is 0.330 e. The highest BCUT2D eigenvalue weighted by Crippen LogP contribution is 2.42. The molecular formula is C13H22O3Si. The molecule has 0 fully saturated rings. The smallest absolute Gasteiger partial charge is 0.330 e. The van der Waals surface area contributed by atoms with Crippen LogP contribution < -0.4 is 0 Å². The number of carbonyl (C=O) groups is 1. The summed E-state index contributed by atoms with van der Waals surface area (Å²) in [6, 6.07) is 0. The molecule has 0 aliphatic heterocycles. The van der Waals surface area contributed by atoms with Crippen molar-refractivity contribution in [2.45, 2.75) is 25.2 Å². The van der Waals surface area contributed by atoms with Gasteiger partial charge in [0.25, 0.3) is 0 Å². The van der Waals surface area contributed by atoms with Crippen molar-refractivity contribution in [3.8, 4) is 0 Å². The molecule has 0 saturated carbocycles. The van der Waals surface area contributed by atoms with Crippen molar-refractivity contribution in [3.63, 3.8) is 0 Å². The van der Waals surface area contributed by atoms with E-state index in [1.165, 1.54) is 13.2 Å². The Balaban J connectivity index is 2.83. The Morgan fingerprint density at radius 3 is 2.53 bits per heavy atom. The predicted octanol–water partition coefficient (Wildman–Crippen LogP) is 2.22. The van der Waals surface area contributed by atoms with E-state index in [1.807, 2.05) is 6.08 Å². The molecule has 1 rings (SSSR count). The molecule has 17 heavy (non-hydrogen) atoms. The molecule has 0 unspecified atom stereocenters. The number of ether oxygens (including phenoxy) is 1. The van der Waals surface area contributed by atoms with E-state index < -0.39 is 8.07 Å². The maximum atomic E-state index is 11.1. The third-order valence-electron chi connectivity index (χ3n) is 3.34. The van der Waals surface area contributed by atoms with Gasteiger partial charge in [0.05, 0.1) is 15.2 Å². The average molecular weight is 254 g/mol. The predicted molar refractivity (Wildman–Crippen MR) is 71.5 cm³/mol. The van der Waals surface area contributed by atoms with Crippen molar-refractivity contribution in [3.05, 3.63) is 24.3 Å². The Morgan fingerprint density at radius 2 is 2.06 bits per heavy atom. The van der Waals surface area contributed by atoms with Gasteiger partial charge >= 0.3 is 5.97 Å². The Hall–Kier alpha value is -0.873. The van der Waals surface area contributed by atoms with Gasteiger partial charge < -0.3 is 9.84 Å². The van der Waals surface area contributed by atoms with E-state index in [9.17, 15) is 9.90 Å². The second-order valence-electron chi connectivity index (χ2n) is 5.58. The summed E-state index contributed by atoms with van der Waals surface area (Å²) in [5.41, 5.74) is 0.473. The van der Waals surface area contributed by atoms with E-state index in [0.717, 1.165) is 0 Å². The molecule has 0 aromatic carbocycles. The number of hydrogen-bond acceptors (Lipinski definition) is 3. The lowest BCUT2D eigenvalue weighted by Gasteiger charge is -2.30. The van der Waals surface area contributed by atoms with Gasteiger partial charge in [0, 0.05) is 18.6 Å². The van der Waals surface area contributed by atoms with Crippen LogP contribution in [-0.4, -0.2) is 32.9 Å². The van der Waals surface area contributed by atoms with Gasteiger partial charge in [0.2, 0.25) is 0 Å². The first-order chi connectivity index (χ1) is 7.90. The molecule has 1 N–H and O–H groups in total. The SMILES string of the molecule is COC(=O)/C=C/[C@H]1[C@H]([Si](C)(C)C)C=C[C@H]1CO. The Labute approximate surface area is 104 Å². The van der Waals surface area contributed by atoms with E-state index >= 15 is 0 Å². The van der Waals surface area contributed by atoms with Crippen LogP contribution in [0.2, 0.25) is 25.2 Å². The molecule has 3 nitrogen and oxygen atoms in total. The zero-order valence-electron chi connectivity index (χ0n) is 11.0. The molecule has 4 heteroatoms. The molecule has 0 aromatic heterocycles. The molecule has 0 heterocycles. The van der Waals surface area contributed by atoms with Crippen LogP contribution in [0.1, 0.15) is 0 Å². The van der Waals surface area contributed by atoms with E-state index in [2.05, 4.69) is 36.5 Å². The largest absolute Gasteiger partial charge is 0.466 e. The minimum atomic E-state index is -1.33. The lowest BCUT2D eigenvalue weighted by atomic mass is 9.95. The zero-order valence-corrected chi connectivity index (χ0v) is 12.0. The summed E-state index contributed by atoms with van der Waals surface area (Å²) in [6.07, 6.45) is 7.66. The van der Waals surface area contributed by atoms with Crippen LogP contribution in [0.25, 0.3) is 0 Å². The molecule has 0 aromatic rings. The van der Waals surface area contributed by atoms with Crippen LogP contribution in [0.4, 0.5) is 0 Å². The van der Waals surface area contributed by atoms with Crippen molar-refractivity contribution in [1.29, 1.82) is 0 Å². The molecule has 0 spiro atoms. The summed E-state index contributed by atoms with van der Waals surface area (Å²) < 4.78 is 4.60. The van der Waals surface area contributed by atoms with Crippen molar-refractivity contribution in [2.75, 3.05) is 13.7 Å². The van der Waals surface area contributed by atoms with E-state index in [4.69, 9.17) is 0 Å². The molecule has 0 amide bonds. The second kappa shape index (κ2) is 5.64. The van der Waals surface area contributed by atoms with Gasteiger partial charge in [-0.2, -0.15) is 0 Å². The van der Waals surface area contributed by atoms with Gasteiger partial charge in [-0.3, -0.25) is 0 Å². The molecular weight excluding hydrogens is 232 g/mol. The van der Waals surface area contributed by atoms with Gasteiger partial charge in [-0.15, -0.1) is 0 Å². The van der Waals surface area contributed by atoms with Crippen LogP contribution in [0.5, 0.6) is 0 Å². The fourth-order valence-corrected chi connectivity index (χ4v) is 4.56. The highest BCUT2D eigenvalue weighted by Gasteiger charge is 2.37. The van der Waals surface area contributed by atoms with Crippen LogP contribution in [-0.2, 0) is 9.53 Å². The van der Waals surface area contributed by atoms with E-state index in [1.54, 1.807) is 0 Å². The molecule has 1 aliphatic carbocycles. The molecule has 1 aliphatic rings. The zero-order chi connectivity index (χ0) is 13.1. The Morgan fingerprint density at radius 1 is 1.41 bits per heavy atom. The first-order valence-corrected chi connectivity index (χ1v) is 9.53. The number of carbonyl (C=O) groups excluding carboxylic acids is 1. The molecule has 0 radical (unpaired) electrons. The third kappa shape index (κ3) is 3.54. The quantitative estimate of drug-likeness (QED) is 0.362. The van der Waals surface area contributed by atoms with Crippen LogP contribution in [0, 0.1) is 11.8 Å². The lowest BCUT2D eigenvalue weighted by molar-refractivity contribution is -0.134. The number of hydrogen-bond donors (Lipinski definition) is 1.